The topological polar surface area (TPSA) is 0 Å². The minimum Gasteiger partial charge on any atom is -0.126 e. The van der Waals surface area contributed by atoms with Gasteiger partial charge in [-0.1, -0.05) is 38.1 Å². The SMILES string of the molecule is C=C(C)c1ccccc1SCCCC. The third-order valence-electron chi connectivity index (χ3n) is 2.10. The maximum atomic E-state index is 4.00. The number of hydrogen-bond donors (Lipinski definition) is 0. The first-order valence-corrected chi connectivity index (χ1v) is 6.12. The van der Waals surface area contributed by atoms with E-state index >= 15 is 0 Å². The Morgan fingerprint density at radius 2 is 2.07 bits per heavy atom. The van der Waals surface area contributed by atoms with Crippen molar-refractivity contribution in [3.8, 4) is 0 Å². The molecule has 14 heavy (non-hydrogen) atoms. The van der Waals surface area contributed by atoms with Crippen LogP contribution in [0.3, 0.4) is 0 Å². The summed E-state index contributed by atoms with van der Waals surface area (Å²) < 4.78 is 0. The van der Waals surface area contributed by atoms with E-state index < -0.39 is 0 Å². The molecule has 1 heteroatoms. The molecule has 0 radical (unpaired) electrons. The molecule has 0 saturated carbocycles. The van der Waals surface area contributed by atoms with Gasteiger partial charge in [-0.25, -0.2) is 0 Å². The number of thioether (sulfide) groups is 1. The van der Waals surface area contributed by atoms with Crippen LogP contribution >= 0.6 is 11.8 Å². The zero-order valence-electron chi connectivity index (χ0n) is 9.05. The first kappa shape index (κ1) is 11.4. The molecule has 0 aromatic heterocycles. The van der Waals surface area contributed by atoms with E-state index in [1.807, 2.05) is 11.8 Å². The largest absolute Gasteiger partial charge is 0.126 e. The molecule has 0 fully saturated rings. The van der Waals surface area contributed by atoms with Crippen LogP contribution in [-0.2, 0) is 0 Å². The van der Waals surface area contributed by atoms with Crippen LogP contribution in [0.1, 0.15) is 32.3 Å². The van der Waals surface area contributed by atoms with Crippen LogP contribution in [0.2, 0.25) is 0 Å². The highest BCUT2D eigenvalue weighted by Gasteiger charge is 2.01. The normalized spacial score (nSPS) is 10.1. The molecule has 1 aromatic carbocycles. The third kappa shape index (κ3) is 3.22. The Bertz CT molecular complexity index is 302. The molecule has 0 amide bonds. The van der Waals surface area contributed by atoms with Gasteiger partial charge in [-0.15, -0.1) is 11.8 Å². The maximum absolute atomic E-state index is 4.00. The molecule has 0 aliphatic heterocycles. The number of benzene rings is 1. The Kier molecular flexibility index (Phi) is 4.81. The van der Waals surface area contributed by atoms with E-state index in [1.54, 1.807) is 0 Å². The first-order chi connectivity index (χ1) is 6.75. The van der Waals surface area contributed by atoms with Crippen LogP contribution in [0.4, 0.5) is 0 Å². The summed E-state index contributed by atoms with van der Waals surface area (Å²) in [5.74, 6) is 1.21. The van der Waals surface area contributed by atoms with E-state index in [-0.39, 0.29) is 0 Å². The predicted octanol–water partition coefficient (Wildman–Crippen LogP) is 4.61. The molecule has 0 atom stereocenters. The summed E-state index contributed by atoms with van der Waals surface area (Å²) >= 11 is 1.94. The number of allylic oxidation sites excluding steroid dienone is 1. The second-order valence-electron chi connectivity index (χ2n) is 3.48. The van der Waals surface area contributed by atoms with Crippen molar-refractivity contribution < 1.29 is 0 Å². The Morgan fingerprint density at radius 3 is 2.71 bits per heavy atom. The lowest BCUT2D eigenvalue weighted by atomic mass is 10.1. The molecule has 0 saturated heterocycles. The molecular weight excluding hydrogens is 188 g/mol. The lowest BCUT2D eigenvalue weighted by Gasteiger charge is -2.07. The van der Waals surface area contributed by atoms with Crippen LogP contribution in [0.15, 0.2) is 35.7 Å². The zero-order chi connectivity index (χ0) is 10.4. The average molecular weight is 206 g/mol. The van der Waals surface area contributed by atoms with Crippen molar-refractivity contribution in [2.24, 2.45) is 0 Å². The van der Waals surface area contributed by atoms with Crippen LogP contribution in [0, 0.1) is 0 Å². The third-order valence-corrected chi connectivity index (χ3v) is 3.26. The smallest absolute Gasteiger partial charge is 0.0147 e. The van der Waals surface area contributed by atoms with Crippen molar-refractivity contribution in [3.63, 3.8) is 0 Å². The Hall–Kier alpha value is -0.690. The van der Waals surface area contributed by atoms with Gasteiger partial charge >= 0.3 is 0 Å². The molecule has 0 spiro atoms. The molecular formula is C13H18S. The second-order valence-corrected chi connectivity index (χ2v) is 4.62. The summed E-state index contributed by atoms with van der Waals surface area (Å²) in [6, 6.07) is 8.51. The standard InChI is InChI=1S/C13H18S/c1-4-5-10-14-13-9-7-6-8-12(13)11(2)3/h6-9H,2,4-5,10H2,1,3H3. The van der Waals surface area contributed by atoms with E-state index in [4.69, 9.17) is 0 Å². The summed E-state index contributed by atoms with van der Waals surface area (Å²) in [6.07, 6.45) is 2.55. The summed E-state index contributed by atoms with van der Waals surface area (Å²) in [6.45, 7) is 8.30. The van der Waals surface area contributed by atoms with Crippen LogP contribution in [0.5, 0.6) is 0 Å². The molecule has 1 rings (SSSR count). The van der Waals surface area contributed by atoms with Crippen molar-refractivity contribution in [2.75, 3.05) is 5.75 Å². The summed E-state index contributed by atoms with van der Waals surface area (Å²) in [5.41, 5.74) is 2.46. The number of hydrogen-bond acceptors (Lipinski definition) is 1. The van der Waals surface area contributed by atoms with Crippen LogP contribution < -0.4 is 0 Å². The van der Waals surface area contributed by atoms with Crippen molar-refractivity contribution in [2.45, 2.75) is 31.6 Å². The molecule has 0 bridgehead atoms. The average Bonchev–Trinajstić information content (AvgIpc) is 2.19. The fraction of sp³-hybridized carbons (Fsp3) is 0.385. The highest BCUT2D eigenvalue weighted by Crippen LogP contribution is 2.27. The van der Waals surface area contributed by atoms with Crippen molar-refractivity contribution >= 4 is 17.3 Å². The van der Waals surface area contributed by atoms with Gasteiger partial charge in [0.25, 0.3) is 0 Å². The fourth-order valence-corrected chi connectivity index (χ4v) is 2.50. The first-order valence-electron chi connectivity index (χ1n) is 5.13. The van der Waals surface area contributed by atoms with Gasteiger partial charge in [0.05, 0.1) is 0 Å². The van der Waals surface area contributed by atoms with E-state index in [9.17, 15) is 0 Å². The maximum Gasteiger partial charge on any atom is 0.0147 e. The van der Waals surface area contributed by atoms with Crippen molar-refractivity contribution in [1.29, 1.82) is 0 Å². The highest BCUT2D eigenvalue weighted by molar-refractivity contribution is 7.99. The van der Waals surface area contributed by atoms with Gasteiger partial charge in [0.1, 0.15) is 0 Å². The van der Waals surface area contributed by atoms with Gasteiger partial charge in [0.15, 0.2) is 0 Å². The minimum atomic E-state index is 1.16. The lowest BCUT2D eigenvalue weighted by Crippen LogP contribution is -1.85. The van der Waals surface area contributed by atoms with Gasteiger partial charge < -0.3 is 0 Å². The van der Waals surface area contributed by atoms with E-state index in [2.05, 4.69) is 44.7 Å². The quantitative estimate of drug-likeness (QED) is 0.500. The number of unbranched alkanes of at least 4 members (excludes halogenated alkanes) is 1. The van der Waals surface area contributed by atoms with Crippen LogP contribution in [0.25, 0.3) is 5.57 Å². The molecule has 1 aromatic rings. The Labute approximate surface area is 91.4 Å². The minimum absolute atomic E-state index is 1.16. The monoisotopic (exact) mass is 206 g/mol. The van der Waals surface area contributed by atoms with Crippen LogP contribution in [-0.4, -0.2) is 5.75 Å². The highest BCUT2D eigenvalue weighted by atomic mass is 32.2. The molecule has 0 heterocycles. The van der Waals surface area contributed by atoms with Gasteiger partial charge in [-0.2, -0.15) is 0 Å². The number of rotatable bonds is 5. The van der Waals surface area contributed by atoms with Gasteiger partial charge in [0.2, 0.25) is 0 Å². The second kappa shape index (κ2) is 5.92. The van der Waals surface area contributed by atoms with E-state index in [0.717, 1.165) is 5.57 Å². The molecule has 0 nitrogen and oxygen atoms in total. The molecule has 0 N–H and O–H groups in total. The van der Waals surface area contributed by atoms with Crippen molar-refractivity contribution in [3.05, 3.63) is 36.4 Å². The Balaban J connectivity index is 2.69. The predicted molar refractivity (Wildman–Crippen MR) is 66.8 cm³/mol. The fourth-order valence-electron chi connectivity index (χ4n) is 1.27. The van der Waals surface area contributed by atoms with Gasteiger partial charge in [-0.3, -0.25) is 0 Å². The summed E-state index contributed by atoms with van der Waals surface area (Å²) in [4.78, 5) is 1.37. The zero-order valence-corrected chi connectivity index (χ0v) is 9.86. The Morgan fingerprint density at radius 1 is 1.36 bits per heavy atom. The summed E-state index contributed by atoms with van der Waals surface area (Å²) in [7, 11) is 0. The van der Waals surface area contributed by atoms with E-state index in [1.165, 1.54) is 29.1 Å². The van der Waals surface area contributed by atoms with E-state index in [0.29, 0.717) is 0 Å². The molecule has 0 aliphatic rings. The molecule has 0 unspecified atom stereocenters. The lowest BCUT2D eigenvalue weighted by molar-refractivity contribution is 0.896. The molecule has 76 valence electrons. The van der Waals surface area contributed by atoms with Gasteiger partial charge in [0, 0.05) is 4.90 Å². The van der Waals surface area contributed by atoms with Gasteiger partial charge in [-0.05, 0) is 36.3 Å². The summed E-state index contributed by atoms with van der Waals surface area (Å²) in [5, 5.41) is 0. The molecule has 0 aliphatic carbocycles. The van der Waals surface area contributed by atoms with Crippen molar-refractivity contribution in [1.82, 2.24) is 0 Å².